The minimum atomic E-state index is 0.0491. The normalized spacial score (nSPS) is 10.6. The molecule has 0 radical (unpaired) electrons. The first kappa shape index (κ1) is 15.2. The van der Waals surface area contributed by atoms with Gasteiger partial charge in [-0.3, -0.25) is 4.79 Å². The summed E-state index contributed by atoms with van der Waals surface area (Å²) in [5.41, 5.74) is 5.83. The third-order valence-electron chi connectivity index (χ3n) is 4.00. The molecular weight excluding hydrogens is 282 g/mol. The van der Waals surface area contributed by atoms with E-state index in [0.29, 0.717) is 5.56 Å². The molecule has 0 aliphatic rings. The summed E-state index contributed by atoms with van der Waals surface area (Å²) in [4.78, 5) is 12.9. The van der Waals surface area contributed by atoms with Crippen LogP contribution in [-0.2, 0) is 0 Å². The molecule has 0 aliphatic heterocycles. The predicted octanol–water partition coefficient (Wildman–Crippen LogP) is 4.12. The second-order valence-corrected chi connectivity index (χ2v) is 5.86. The van der Waals surface area contributed by atoms with Gasteiger partial charge in [0.1, 0.15) is 0 Å². The zero-order chi connectivity index (χ0) is 16.4. The van der Waals surface area contributed by atoms with Crippen molar-refractivity contribution in [1.29, 1.82) is 0 Å². The average molecular weight is 302 g/mol. The maximum atomic E-state index is 12.9. The van der Waals surface area contributed by atoms with Crippen LogP contribution < -0.4 is 4.57 Å². The molecule has 3 rings (SSSR count). The molecule has 2 heteroatoms. The van der Waals surface area contributed by atoms with Gasteiger partial charge in [-0.15, -0.1) is 0 Å². The van der Waals surface area contributed by atoms with E-state index in [1.807, 2.05) is 54.6 Å². The Hall–Kier alpha value is -2.74. The number of carbonyl (C=O) groups excluding carboxylic acids is 1. The van der Waals surface area contributed by atoms with Crippen LogP contribution in [0.4, 0.5) is 0 Å². The number of hydrogen-bond acceptors (Lipinski definition) is 1. The summed E-state index contributed by atoms with van der Waals surface area (Å²) in [5, 5.41) is 0. The molecule has 0 fully saturated rings. The molecule has 114 valence electrons. The van der Waals surface area contributed by atoms with Gasteiger partial charge in [-0.25, -0.2) is 0 Å². The fourth-order valence-corrected chi connectivity index (χ4v) is 3.09. The van der Waals surface area contributed by atoms with Crippen molar-refractivity contribution in [2.24, 2.45) is 0 Å². The van der Waals surface area contributed by atoms with Crippen LogP contribution in [0.2, 0.25) is 0 Å². The number of benzene rings is 2. The van der Waals surface area contributed by atoms with Crippen molar-refractivity contribution in [2.45, 2.75) is 20.8 Å². The number of ketones is 1. The molecule has 0 bridgehead atoms. The largest absolute Gasteiger partial charge is 0.288 e. The van der Waals surface area contributed by atoms with Gasteiger partial charge < -0.3 is 0 Å². The summed E-state index contributed by atoms with van der Waals surface area (Å²) in [6, 6.07) is 21.5. The van der Waals surface area contributed by atoms with Gasteiger partial charge in [-0.05, 0) is 18.6 Å². The van der Waals surface area contributed by atoms with Crippen LogP contribution in [0.3, 0.4) is 0 Å². The maximum Gasteiger partial charge on any atom is 0.222 e. The van der Waals surface area contributed by atoms with Gasteiger partial charge in [-0.2, -0.15) is 4.57 Å². The first-order valence-corrected chi connectivity index (χ1v) is 7.77. The maximum absolute atomic E-state index is 12.9. The van der Waals surface area contributed by atoms with Gasteiger partial charge >= 0.3 is 0 Å². The monoisotopic (exact) mass is 302 g/mol. The lowest BCUT2D eigenvalue weighted by Crippen LogP contribution is -2.39. The highest BCUT2D eigenvalue weighted by Gasteiger charge is 2.23. The fourth-order valence-electron chi connectivity index (χ4n) is 3.09. The van der Waals surface area contributed by atoms with Crippen molar-refractivity contribution in [2.75, 3.05) is 0 Å². The Morgan fingerprint density at radius 2 is 1.35 bits per heavy atom. The van der Waals surface area contributed by atoms with Crippen molar-refractivity contribution in [3.63, 3.8) is 0 Å². The number of aryl methyl sites for hydroxylation is 3. The number of carbonyl (C=O) groups is 1. The highest BCUT2D eigenvalue weighted by molar-refractivity contribution is 6.10. The highest BCUT2D eigenvalue weighted by Crippen LogP contribution is 2.16. The molecular formula is C21H20NO+. The van der Waals surface area contributed by atoms with Crippen molar-refractivity contribution in [3.05, 3.63) is 94.8 Å². The van der Waals surface area contributed by atoms with Crippen molar-refractivity contribution in [3.8, 4) is 5.69 Å². The Balaban J connectivity index is 2.19. The van der Waals surface area contributed by atoms with Crippen LogP contribution in [-0.4, -0.2) is 5.78 Å². The highest BCUT2D eigenvalue weighted by atomic mass is 16.1. The zero-order valence-corrected chi connectivity index (χ0v) is 13.7. The lowest BCUT2D eigenvalue weighted by molar-refractivity contribution is -0.609. The van der Waals surface area contributed by atoms with Gasteiger partial charge in [0.15, 0.2) is 17.2 Å². The number of rotatable bonds is 3. The molecule has 0 amide bonds. The standard InChI is InChI=1S/C21H20NO/c1-15-13-16(2)22(17(3)14-15)20-12-8-7-11-19(20)21(23)18-9-5-4-6-10-18/h4-14H,1-3H3/q+1. The van der Waals surface area contributed by atoms with Gasteiger partial charge in [0, 0.05) is 37.6 Å². The second kappa shape index (κ2) is 6.17. The van der Waals surface area contributed by atoms with E-state index in [0.717, 1.165) is 22.6 Å². The van der Waals surface area contributed by atoms with Gasteiger partial charge in [0.2, 0.25) is 5.69 Å². The van der Waals surface area contributed by atoms with Crippen LogP contribution in [0.15, 0.2) is 66.7 Å². The Kier molecular flexibility index (Phi) is 4.07. The third-order valence-corrected chi connectivity index (χ3v) is 4.00. The SMILES string of the molecule is Cc1cc(C)[n+](-c2ccccc2C(=O)c2ccccc2)c(C)c1. The molecule has 2 aromatic carbocycles. The Labute approximate surface area is 137 Å². The first-order valence-electron chi connectivity index (χ1n) is 7.77. The minimum Gasteiger partial charge on any atom is -0.288 e. The van der Waals surface area contributed by atoms with Crippen LogP contribution in [0.25, 0.3) is 5.69 Å². The summed E-state index contributed by atoms with van der Waals surface area (Å²) in [5.74, 6) is 0.0491. The van der Waals surface area contributed by atoms with E-state index in [1.54, 1.807) is 0 Å². The summed E-state index contributed by atoms with van der Waals surface area (Å²) >= 11 is 0. The van der Waals surface area contributed by atoms with Crippen LogP contribution in [0.1, 0.15) is 32.9 Å². The van der Waals surface area contributed by atoms with E-state index in [9.17, 15) is 4.79 Å². The summed E-state index contributed by atoms with van der Waals surface area (Å²) < 4.78 is 2.14. The van der Waals surface area contributed by atoms with E-state index in [-0.39, 0.29) is 5.78 Å². The number of pyridine rings is 1. The Bertz CT molecular complexity index is 843. The second-order valence-electron chi connectivity index (χ2n) is 5.86. The van der Waals surface area contributed by atoms with Crippen LogP contribution in [0.5, 0.6) is 0 Å². The molecule has 0 atom stereocenters. The average Bonchev–Trinajstić information content (AvgIpc) is 2.54. The van der Waals surface area contributed by atoms with Gasteiger partial charge in [0.05, 0.1) is 5.56 Å². The number of hydrogen-bond donors (Lipinski definition) is 0. The van der Waals surface area contributed by atoms with Crippen LogP contribution >= 0.6 is 0 Å². The Morgan fingerprint density at radius 1 is 0.783 bits per heavy atom. The topological polar surface area (TPSA) is 20.9 Å². The Morgan fingerprint density at radius 3 is 2.00 bits per heavy atom. The molecule has 0 saturated carbocycles. The van der Waals surface area contributed by atoms with Gasteiger partial charge in [-0.1, -0.05) is 42.5 Å². The summed E-state index contributed by atoms with van der Waals surface area (Å²) in [6.45, 7) is 6.24. The molecule has 0 saturated heterocycles. The first-order chi connectivity index (χ1) is 11.1. The third kappa shape index (κ3) is 2.93. The predicted molar refractivity (Wildman–Crippen MR) is 92.1 cm³/mol. The van der Waals surface area contributed by atoms with E-state index < -0.39 is 0 Å². The van der Waals surface area contributed by atoms with E-state index in [4.69, 9.17) is 0 Å². The summed E-state index contributed by atoms with van der Waals surface area (Å²) in [6.07, 6.45) is 0. The van der Waals surface area contributed by atoms with E-state index >= 15 is 0 Å². The number of para-hydroxylation sites is 1. The summed E-state index contributed by atoms with van der Waals surface area (Å²) in [7, 11) is 0. The lowest BCUT2D eigenvalue weighted by atomic mass is 10.0. The quantitative estimate of drug-likeness (QED) is 0.526. The smallest absolute Gasteiger partial charge is 0.222 e. The van der Waals surface area contributed by atoms with Crippen molar-refractivity contribution >= 4 is 5.78 Å². The number of nitrogens with zero attached hydrogens (tertiary/aromatic N) is 1. The molecule has 1 aromatic heterocycles. The van der Waals surface area contributed by atoms with Crippen molar-refractivity contribution < 1.29 is 9.36 Å². The number of aromatic nitrogens is 1. The molecule has 1 heterocycles. The molecule has 0 unspecified atom stereocenters. The molecule has 0 aliphatic carbocycles. The molecule has 0 N–H and O–H groups in total. The fraction of sp³-hybridized carbons (Fsp3) is 0.143. The molecule has 2 nitrogen and oxygen atoms in total. The van der Waals surface area contributed by atoms with Crippen molar-refractivity contribution in [1.82, 2.24) is 0 Å². The van der Waals surface area contributed by atoms with Crippen LogP contribution in [0, 0.1) is 20.8 Å². The molecule has 23 heavy (non-hydrogen) atoms. The molecule has 3 aromatic rings. The molecule has 0 spiro atoms. The zero-order valence-electron chi connectivity index (χ0n) is 13.7. The van der Waals surface area contributed by atoms with E-state index in [1.165, 1.54) is 5.56 Å². The minimum absolute atomic E-state index is 0.0491. The lowest BCUT2D eigenvalue weighted by Gasteiger charge is -2.09. The van der Waals surface area contributed by atoms with Gasteiger partial charge in [0.25, 0.3) is 0 Å². The van der Waals surface area contributed by atoms with E-state index in [2.05, 4.69) is 37.5 Å².